The summed E-state index contributed by atoms with van der Waals surface area (Å²) in [5.74, 6) is -0.570. The molecule has 0 aliphatic heterocycles. The van der Waals surface area contributed by atoms with Gasteiger partial charge in [-0.2, -0.15) is 0 Å². The Morgan fingerprint density at radius 2 is 2.12 bits per heavy atom. The van der Waals surface area contributed by atoms with Crippen molar-refractivity contribution in [1.29, 1.82) is 0 Å². The highest BCUT2D eigenvalue weighted by molar-refractivity contribution is 5.75. The second kappa shape index (κ2) is 5.05. The summed E-state index contributed by atoms with van der Waals surface area (Å²) in [4.78, 5) is 26.9. The van der Waals surface area contributed by atoms with E-state index in [1.165, 1.54) is 22.8 Å². The number of imidazole rings is 1. The van der Waals surface area contributed by atoms with Crippen LogP contribution in [0.15, 0.2) is 51.8 Å². The van der Waals surface area contributed by atoms with Crippen molar-refractivity contribution in [2.75, 3.05) is 0 Å². The summed E-state index contributed by atoms with van der Waals surface area (Å²) in [7, 11) is 0. The molecule has 0 radical (unpaired) electrons. The van der Waals surface area contributed by atoms with Crippen LogP contribution in [0, 0.1) is 17.0 Å². The molecule has 3 aromatic heterocycles. The Bertz CT molecular complexity index is 1150. The maximum absolute atomic E-state index is 12.1. The molecule has 0 N–H and O–H groups in total. The summed E-state index contributed by atoms with van der Waals surface area (Å²) in [5, 5.41) is 10.8. The molecule has 4 rings (SSSR count). The van der Waals surface area contributed by atoms with E-state index >= 15 is 0 Å². The zero-order chi connectivity index (χ0) is 16.8. The van der Waals surface area contributed by atoms with Gasteiger partial charge in [0.15, 0.2) is 5.58 Å². The maximum Gasteiger partial charge on any atom is 0.420 e. The van der Waals surface area contributed by atoms with Crippen molar-refractivity contribution in [2.24, 2.45) is 0 Å². The Morgan fingerprint density at radius 1 is 1.29 bits per heavy atom. The fourth-order valence-electron chi connectivity index (χ4n) is 2.76. The van der Waals surface area contributed by atoms with E-state index in [-0.39, 0.29) is 17.8 Å². The van der Waals surface area contributed by atoms with E-state index in [0.29, 0.717) is 11.2 Å². The Morgan fingerprint density at radius 3 is 2.88 bits per heavy atom. The van der Waals surface area contributed by atoms with Crippen molar-refractivity contribution in [3.63, 3.8) is 0 Å². The smallest absolute Gasteiger partial charge is 0.407 e. The van der Waals surface area contributed by atoms with E-state index in [1.807, 2.05) is 35.7 Å². The molecule has 24 heavy (non-hydrogen) atoms. The summed E-state index contributed by atoms with van der Waals surface area (Å²) >= 11 is 0. The fraction of sp³-hybridized carbons (Fsp3) is 0.125. The molecule has 0 atom stereocenters. The van der Waals surface area contributed by atoms with Crippen LogP contribution in [0.4, 0.5) is 5.69 Å². The van der Waals surface area contributed by atoms with E-state index in [2.05, 4.69) is 4.98 Å². The number of fused-ring (bicyclic) bond motifs is 2. The van der Waals surface area contributed by atoms with E-state index in [9.17, 15) is 14.9 Å². The average Bonchev–Trinajstić information content (AvgIpc) is 3.09. The SMILES string of the molecule is Cc1cccc2nc(Cn3c(=O)oc4cc([N+](=O)[O-])ccc43)cn12. The lowest BCUT2D eigenvalue weighted by atomic mass is 10.3. The Balaban J connectivity index is 1.81. The molecule has 0 bridgehead atoms. The third-order valence-electron chi connectivity index (χ3n) is 3.93. The second-order valence-electron chi connectivity index (χ2n) is 5.49. The fourth-order valence-corrected chi connectivity index (χ4v) is 2.76. The van der Waals surface area contributed by atoms with E-state index in [4.69, 9.17) is 4.42 Å². The van der Waals surface area contributed by atoms with Gasteiger partial charge in [-0.25, -0.2) is 9.78 Å². The number of hydrogen-bond donors (Lipinski definition) is 0. The van der Waals surface area contributed by atoms with Crippen molar-refractivity contribution in [3.05, 3.63) is 74.6 Å². The monoisotopic (exact) mass is 324 g/mol. The van der Waals surface area contributed by atoms with Crippen LogP contribution in [0.1, 0.15) is 11.4 Å². The molecule has 0 unspecified atom stereocenters. The van der Waals surface area contributed by atoms with Gasteiger partial charge in [-0.1, -0.05) is 6.07 Å². The highest BCUT2D eigenvalue weighted by atomic mass is 16.6. The number of oxazole rings is 1. The van der Waals surface area contributed by atoms with Crippen LogP contribution in [0.3, 0.4) is 0 Å². The van der Waals surface area contributed by atoms with Gasteiger partial charge in [0.05, 0.1) is 28.7 Å². The molecule has 0 amide bonds. The predicted molar refractivity (Wildman–Crippen MR) is 86.2 cm³/mol. The maximum atomic E-state index is 12.1. The number of aryl methyl sites for hydroxylation is 1. The van der Waals surface area contributed by atoms with Crippen LogP contribution in [0.5, 0.6) is 0 Å². The van der Waals surface area contributed by atoms with Gasteiger partial charge in [-0.05, 0) is 25.1 Å². The summed E-state index contributed by atoms with van der Waals surface area (Å²) < 4.78 is 8.48. The van der Waals surface area contributed by atoms with Crippen LogP contribution in [-0.4, -0.2) is 18.9 Å². The normalized spacial score (nSPS) is 11.4. The van der Waals surface area contributed by atoms with E-state index < -0.39 is 10.7 Å². The van der Waals surface area contributed by atoms with Gasteiger partial charge in [0.1, 0.15) is 5.65 Å². The molecular formula is C16H12N4O4. The average molecular weight is 324 g/mol. The van der Waals surface area contributed by atoms with Crippen molar-refractivity contribution >= 4 is 22.4 Å². The number of pyridine rings is 1. The second-order valence-corrected chi connectivity index (χ2v) is 5.49. The number of nitro benzene ring substituents is 1. The van der Waals surface area contributed by atoms with Gasteiger partial charge in [0.25, 0.3) is 5.69 Å². The number of benzene rings is 1. The molecule has 0 aliphatic rings. The first kappa shape index (κ1) is 14.2. The van der Waals surface area contributed by atoms with E-state index in [1.54, 1.807) is 0 Å². The minimum atomic E-state index is -0.570. The summed E-state index contributed by atoms with van der Waals surface area (Å²) in [6.07, 6.45) is 1.86. The molecule has 120 valence electrons. The van der Waals surface area contributed by atoms with Crippen LogP contribution in [-0.2, 0) is 6.54 Å². The molecular weight excluding hydrogens is 312 g/mol. The standard InChI is InChI=1S/C16H12N4O4/c1-10-3-2-4-15-17-11(8-18(10)15)9-19-13-6-5-12(20(22)23)7-14(13)24-16(19)21/h2-8H,9H2,1H3. The largest absolute Gasteiger partial charge is 0.420 e. The number of aromatic nitrogens is 3. The minimum Gasteiger partial charge on any atom is -0.407 e. The van der Waals surface area contributed by atoms with Crippen molar-refractivity contribution in [2.45, 2.75) is 13.5 Å². The number of rotatable bonds is 3. The minimum absolute atomic E-state index is 0.119. The first-order valence-corrected chi connectivity index (χ1v) is 7.24. The van der Waals surface area contributed by atoms with Gasteiger partial charge in [-0.15, -0.1) is 0 Å². The van der Waals surface area contributed by atoms with Crippen LogP contribution < -0.4 is 5.76 Å². The quantitative estimate of drug-likeness (QED) is 0.426. The predicted octanol–water partition coefficient (Wildman–Crippen LogP) is 2.51. The van der Waals surface area contributed by atoms with Gasteiger partial charge in [0.2, 0.25) is 0 Å². The number of nitrogens with zero attached hydrogens (tertiary/aromatic N) is 4. The molecule has 8 nitrogen and oxygen atoms in total. The van der Waals surface area contributed by atoms with Crippen molar-refractivity contribution < 1.29 is 9.34 Å². The lowest BCUT2D eigenvalue weighted by molar-refractivity contribution is -0.384. The third-order valence-corrected chi connectivity index (χ3v) is 3.93. The zero-order valence-corrected chi connectivity index (χ0v) is 12.7. The molecule has 0 aliphatic carbocycles. The molecule has 0 saturated heterocycles. The van der Waals surface area contributed by atoms with E-state index in [0.717, 1.165) is 11.3 Å². The number of nitro groups is 1. The van der Waals surface area contributed by atoms with Crippen LogP contribution in [0.2, 0.25) is 0 Å². The van der Waals surface area contributed by atoms with Gasteiger partial charge >= 0.3 is 5.76 Å². The van der Waals surface area contributed by atoms with Gasteiger partial charge in [-0.3, -0.25) is 14.7 Å². The Hall–Kier alpha value is -3.42. The van der Waals surface area contributed by atoms with Crippen LogP contribution in [0.25, 0.3) is 16.7 Å². The number of non-ortho nitro benzene ring substituents is 1. The first-order chi connectivity index (χ1) is 11.5. The molecule has 0 saturated carbocycles. The Kier molecular flexibility index (Phi) is 2.99. The van der Waals surface area contributed by atoms with Crippen molar-refractivity contribution in [3.8, 4) is 0 Å². The molecule has 8 heteroatoms. The molecule has 3 heterocycles. The summed E-state index contributed by atoms with van der Waals surface area (Å²) in [6.45, 7) is 2.20. The first-order valence-electron chi connectivity index (χ1n) is 7.24. The van der Waals surface area contributed by atoms with Crippen LogP contribution >= 0.6 is 0 Å². The molecule has 4 aromatic rings. The molecule has 0 spiro atoms. The zero-order valence-electron chi connectivity index (χ0n) is 12.7. The molecule has 1 aromatic carbocycles. The summed E-state index contributed by atoms with van der Waals surface area (Å²) in [5.41, 5.74) is 3.10. The number of hydrogen-bond acceptors (Lipinski definition) is 5. The Labute approximate surface area is 134 Å². The van der Waals surface area contributed by atoms with Gasteiger partial charge < -0.3 is 8.82 Å². The highest BCUT2D eigenvalue weighted by Gasteiger charge is 2.15. The lowest BCUT2D eigenvalue weighted by Gasteiger charge is -1.98. The summed E-state index contributed by atoms with van der Waals surface area (Å²) in [6, 6.07) is 9.88. The molecule has 0 fully saturated rings. The topological polar surface area (TPSA) is 95.6 Å². The highest BCUT2D eigenvalue weighted by Crippen LogP contribution is 2.21. The van der Waals surface area contributed by atoms with Crippen molar-refractivity contribution in [1.82, 2.24) is 14.0 Å². The lowest BCUT2D eigenvalue weighted by Crippen LogP contribution is -2.15. The third kappa shape index (κ3) is 2.16. The van der Waals surface area contributed by atoms with Gasteiger partial charge in [0, 0.05) is 18.0 Å².